The maximum atomic E-state index is 13.5. The van der Waals surface area contributed by atoms with E-state index in [-0.39, 0.29) is 19.0 Å². The molecule has 0 aromatic heterocycles. The minimum atomic E-state index is -0.354. The average molecular weight is 412 g/mol. The molecule has 2 N–H and O–H groups in total. The van der Waals surface area contributed by atoms with E-state index in [2.05, 4.69) is 45.2 Å². The van der Waals surface area contributed by atoms with Gasteiger partial charge in [-0.3, -0.25) is 4.79 Å². The van der Waals surface area contributed by atoms with E-state index in [9.17, 15) is 9.18 Å². The molecule has 2 rings (SSSR count). The fourth-order valence-corrected chi connectivity index (χ4v) is 2.31. The zero-order valence-electron chi connectivity index (χ0n) is 19.0. The number of hydrogen-bond donors (Lipinski definition) is 2. The van der Waals surface area contributed by atoms with Crippen LogP contribution in [0.25, 0.3) is 0 Å². The van der Waals surface area contributed by atoms with Crippen molar-refractivity contribution in [3.63, 3.8) is 0 Å². The topological polar surface area (TPSA) is 58.6 Å². The lowest BCUT2D eigenvalue weighted by Gasteiger charge is -2.14. The summed E-state index contributed by atoms with van der Waals surface area (Å²) in [7, 11) is 1.00. The van der Waals surface area contributed by atoms with Crippen LogP contribution < -0.4 is 10.1 Å². The van der Waals surface area contributed by atoms with Crippen molar-refractivity contribution in [3.05, 3.63) is 41.7 Å². The molecule has 168 valence electrons. The molecule has 0 aliphatic heterocycles. The Kier molecular flexibility index (Phi) is 14.1. The quantitative estimate of drug-likeness (QED) is 0.384. The van der Waals surface area contributed by atoms with Crippen LogP contribution in [0, 0.1) is 17.2 Å². The number of nitrogens with one attached hydrogen (secondary N) is 1. The fraction of sp³-hybridized carbons (Fsp3) is 0.625. The molecular weight excluding hydrogens is 369 g/mol. The molecule has 0 heterocycles. The van der Waals surface area contributed by atoms with Gasteiger partial charge in [0.15, 0.2) is 11.6 Å². The summed E-state index contributed by atoms with van der Waals surface area (Å²) >= 11 is 0. The number of benzene rings is 1. The van der Waals surface area contributed by atoms with E-state index in [4.69, 9.17) is 9.84 Å². The van der Waals surface area contributed by atoms with Crippen LogP contribution in [0.15, 0.2) is 30.4 Å². The molecule has 4 nitrogen and oxygen atoms in total. The van der Waals surface area contributed by atoms with Gasteiger partial charge in [0.05, 0.1) is 12.6 Å². The largest absolute Gasteiger partial charge is 0.490 e. The first kappa shape index (κ1) is 27.1. The van der Waals surface area contributed by atoms with Crippen molar-refractivity contribution in [2.75, 3.05) is 13.7 Å². The highest BCUT2D eigenvalue weighted by Gasteiger charge is 2.22. The van der Waals surface area contributed by atoms with E-state index < -0.39 is 0 Å². The summed E-state index contributed by atoms with van der Waals surface area (Å²) in [6, 6.07) is 4.54. The van der Waals surface area contributed by atoms with E-state index in [0.29, 0.717) is 24.3 Å². The second-order valence-electron chi connectivity index (χ2n) is 8.48. The predicted octanol–water partition coefficient (Wildman–Crippen LogP) is 6.05. The van der Waals surface area contributed by atoms with Crippen LogP contribution in [-0.4, -0.2) is 25.2 Å². The first-order valence-corrected chi connectivity index (χ1v) is 10.5. The van der Waals surface area contributed by atoms with Gasteiger partial charge < -0.3 is 15.2 Å². The van der Waals surface area contributed by atoms with E-state index in [1.165, 1.54) is 38.2 Å². The number of amides is 1. The highest BCUT2D eigenvalue weighted by atomic mass is 19.1. The monoisotopic (exact) mass is 411 g/mol. The molecule has 0 unspecified atom stereocenters. The molecule has 1 saturated carbocycles. The van der Waals surface area contributed by atoms with Crippen LogP contribution in [0.2, 0.25) is 0 Å². The summed E-state index contributed by atoms with van der Waals surface area (Å²) in [6.45, 7) is 11.4. The van der Waals surface area contributed by atoms with Crippen molar-refractivity contribution >= 4 is 6.41 Å². The molecule has 1 fully saturated rings. The number of carbonyl (C=O) groups excluding carboxylic acids is 1. The molecule has 5 heteroatoms. The summed E-state index contributed by atoms with van der Waals surface area (Å²) in [5.74, 6) is 0.505. The van der Waals surface area contributed by atoms with Gasteiger partial charge in [-0.1, -0.05) is 52.3 Å². The summed E-state index contributed by atoms with van der Waals surface area (Å²) in [4.78, 5) is 10.3. The fourth-order valence-electron chi connectivity index (χ4n) is 2.31. The zero-order chi connectivity index (χ0) is 22.3. The lowest BCUT2D eigenvalue weighted by Crippen LogP contribution is -2.16. The number of carbonyl (C=O) groups is 1. The first-order valence-electron chi connectivity index (χ1n) is 10.5. The molecule has 1 aliphatic rings. The predicted molar refractivity (Wildman–Crippen MR) is 121 cm³/mol. The third-order valence-corrected chi connectivity index (χ3v) is 4.30. The normalized spacial score (nSPS) is 14.2. The second kappa shape index (κ2) is 15.0. The number of aliphatic hydroxyl groups excluding tert-OH is 1. The average Bonchev–Trinajstić information content (AvgIpc) is 3.51. The van der Waals surface area contributed by atoms with Crippen LogP contribution in [0.5, 0.6) is 5.75 Å². The Balaban J connectivity index is 0. The Hall–Kier alpha value is -1.88. The van der Waals surface area contributed by atoms with Gasteiger partial charge in [0.25, 0.3) is 0 Å². The van der Waals surface area contributed by atoms with Crippen LogP contribution in [-0.2, 0) is 4.79 Å². The van der Waals surface area contributed by atoms with E-state index in [1.54, 1.807) is 12.1 Å². The Labute approximate surface area is 178 Å². The molecule has 0 bridgehead atoms. The lowest BCUT2D eigenvalue weighted by molar-refractivity contribution is -0.110. The molecule has 1 aromatic rings. The summed E-state index contributed by atoms with van der Waals surface area (Å²) in [5, 5.41) is 9.63. The second-order valence-corrected chi connectivity index (χ2v) is 8.48. The molecule has 1 aliphatic carbocycles. The van der Waals surface area contributed by atoms with Crippen LogP contribution >= 0.6 is 0 Å². The van der Waals surface area contributed by atoms with Crippen molar-refractivity contribution in [3.8, 4) is 5.75 Å². The molecule has 0 spiro atoms. The third-order valence-electron chi connectivity index (χ3n) is 4.30. The van der Waals surface area contributed by atoms with E-state index in [0.717, 1.165) is 12.7 Å². The summed E-state index contributed by atoms with van der Waals surface area (Å²) in [6.07, 6.45) is 11.3. The van der Waals surface area contributed by atoms with E-state index in [1.807, 2.05) is 6.92 Å². The summed E-state index contributed by atoms with van der Waals surface area (Å²) < 4.78 is 18.9. The Bertz CT molecular complexity index is 599. The third kappa shape index (κ3) is 13.9. The Morgan fingerprint density at radius 3 is 2.48 bits per heavy atom. The van der Waals surface area contributed by atoms with Crippen molar-refractivity contribution in [1.82, 2.24) is 5.32 Å². The van der Waals surface area contributed by atoms with Gasteiger partial charge in [0.2, 0.25) is 6.41 Å². The zero-order valence-corrected chi connectivity index (χ0v) is 19.0. The smallest absolute Gasteiger partial charge is 0.207 e. The highest BCUT2D eigenvalue weighted by molar-refractivity contribution is 5.48. The maximum Gasteiger partial charge on any atom is 0.207 e. The van der Waals surface area contributed by atoms with Crippen molar-refractivity contribution in [2.45, 2.75) is 72.8 Å². The number of allylic oxidation sites excluding steroid dienone is 2. The van der Waals surface area contributed by atoms with Crippen LogP contribution in [0.3, 0.4) is 0 Å². The van der Waals surface area contributed by atoms with Gasteiger partial charge in [0.1, 0.15) is 0 Å². The van der Waals surface area contributed by atoms with Crippen LogP contribution in [0.1, 0.15) is 79.8 Å². The minimum absolute atomic E-state index is 0. The minimum Gasteiger partial charge on any atom is -0.490 e. The molecule has 0 radical (unpaired) electrons. The van der Waals surface area contributed by atoms with Gasteiger partial charge in [-0.15, -0.1) is 0 Å². The molecule has 1 aromatic carbocycles. The molecular formula is C24H42FNO3. The number of halogens is 1. The molecule has 1 atom stereocenters. The van der Waals surface area contributed by atoms with Gasteiger partial charge in [0, 0.05) is 8.54 Å². The van der Waals surface area contributed by atoms with E-state index >= 15 is 0 Å². The van der Waals surface area contributed by atoms with Gasteiger partial charge in [-0.2, -0.15) is 0 Å². The SMILES string of the molecule is CCC/C=C\CC(C)(C)C.CO.C[C@@H](NC=O)c1ccc(F)c(OCC2CC2)c1.[HH]. The van der Waals surface area contributed by atoms with Gasteiger partial charge in [-0.05, 0) is 61.6 Å². The van der Waals surface area contributed by atoms with Gasteiger partial charge in [-0.25, -0.2) is 4.39 Å². The summed E-state index contributed by atoms with van der Waals surface area (Å²) in [5.41, 5.74) is 1.30. The number of aliphatic hydroxyl groups is 1. The molecule has 1 amide bonds. The number of unbranched alkanes of at least 4 members (excludes halogenated alkanes) is 1. The standard InChI is InChI=1S/C13H16FNO2.C10H20.CH4O.H2/c1-9(15-8-16)11-4-5-12(14)13(6-11)17-7-10-2-3-10;1-5-6-7-8-9-10(2,3)4;1-2;/h4-6,8-10H,2-3,7H2,1H3,(H,15,16);7-8H,5-6,9H2,1-4H3;2H,1H3;1H/b;8-7-;;/t9-;;;/m1.../s1. The van der Waals surface area contributed by atoms with Gasteiger partial charge >= 0.3 is 0 Å². The van der Waals surface area contributed by atoms with Crippen molar-refractivity contribution in [2.24, 2.45) is 11.3 Å². The Morgan fingerprint density at radius 1 is 1.31 bits per heavy atom. The lowest BCUT2D eigenvalue weighted by atomic mass is 9.92. The number of ether oxygens (including phenoxy) is 1. The number of hydrogen-bond acceptors (Lipinski definition) is 3. The molecule has 29 heavy (non-hydrogen) atoms. The maximum absolute atomic E-state index is 13.5. The number of rotatable bonds is 9. The van der Waals surface area contributed by atoms with Crippen molar-refractivity contribution in [1.29, 1.82) is 0 Å². The van der Waals surface area contributed by atoms with Crippen molar-refractivity contribution < 1.29 is 20.5 Å². The highest BCUT2D eigenvalue weighted by Crippen LogP contribution is 2.31. The van der Waals surface area contributed by atoms with Crippen LogP contribution in [0.4, 0.5) is 4.39 Å². The first-order chi connectivity index (χ1) is 13.8. The Morgan fingerprint density at radius 2 is 1.97 bits per heavy atom. The molecule has 0 saturated heterocycles.